The zero-order valence-corrected chi connectivity index (χ0v) is 18.6. The Morgan fingerprint density at radius 2 is 1.93 bits per heavy atom. The van der Waals surface area contributed by atoms with Crippen molar-refractivity contribution >= 4 is 35.1 Å². The number of carbonyl (C=O) groups excluding carboxylic acids is 2. The number of ether oxygens (including phenoxy) is 1. The van der Waals surface area contributed by atoms with Crippen molar-refractivity contribution in [2.24, 2.45) is 5.41 Å². The van der Waals surface area contributed by atoms with Crippen molar-refractivity contribution in [3.05, 3.63) is 57.6 Å². The third-order valence-electron chi connectivity index (χ3n) is 5.28. The molecule has 0 bridgehead atoms. The highest BCUT2D eigenvalue weighted by Gasteiger charge is 2.47. The Hall–Kier alpha value is -1.78. The lowest BCUT2D eigenvalue weighted by atomic mass is 9.74. The van der Waals surface area contributed by atoms with Crippen LogP contribution >= 0.6 is 23.2 Å². The molecule has 4 nitrogen and oxygen atoms in total. The van der Waals surface area contributed by atoms with Gasteiger partial charge in [0.1, 0.15) is 5.60 Å². The Bertz CT molecular complexity index is 869. The maximum absolute atomic E-state index is 13.6. The predicted octanol–water partition coefficient (Wildman–Crippen LogP) is 6.47. The van der Waals surface area contributed by atoms with E-state index in [1.807, 2.05) is 20.8 Å². The molecule has 1 aliphatic heterocycles. The standard InChI is InChI=1S/C23H27Cl2NO3/c1-22(2,3)29-21(28)26-12-11-23(15-26,14-16-7-5-4-6-8-16)20(27)17-9-10-18(24)19(25)13-17/h5,7-10,13H,4,6,11-12,14-15H2,1-3H3. The maximum Gasteiger partial charge on any atom is 0.410 e. The molecule has 0 N–H and O–H groups in total. The molecule has 6 heteroatoms. The number of hydrogen-bond acceptors (Lipinski definition) is 3. The van der Waals surface area contributed by atoms with Gasteiger partial charge in [-0.25, -0.2) is 4.79 Å². The first-order valence-corrected chi connectivity index (χ1v) is 10.7. The molecule has 1 amide bonds. The van der Waals surface area contributed by atoms with Crippen molar-refractivity contribution in [1.29, 1.82) is 0 Å². The summed E-state index contributed by atoms with van der Waals surface area (Å²) in [5.74, 6) is -0.0120. The second-order valence-corrected chi connectivity index (χ2v) is 9.64. The fraction of sp³-hybridized carbons (Fsp3) is 0.478. The quantitative estimate of drug-likeness (QED) is 0.508. The van der Waals surface area contributed by atoms with E-state index in [-0.39, 0.29) is 11.9 Å². The minimum absolute atomic E-state index is 0.0120. The van der Waals surface area contributed by atoms with Crippen LogP contribution in [0.4, 0.5) is 4.79 Å². The number of Topliss-reactive ketones (excluding diaryl/α,β-unsaturated/α-hetero) is 1. The second kappa shape index (κ2) is 8.53. The first-order chi connectivity index (χ1) is 13.6. The van der Waals surface area contributed by atoms with Crippen LogP contribution in [-0.4, -0.2) is 35.5 Å². The molecule has 1 aromatic carbocycles. The summed E-state index contributed by atoms with van der Waals surface area (Å²) in [4.78, 5) is 27.9. The summed E-state index contributed by atoms with van der Waals surface area (Å²) in [5, 5.41) is 0.767. The number of carbonyl (C=O) groups is 2. The summed E-state index contributed by atoms with van der Waals surface area (Å²) in [6.07, 6.45) is 9.17. The molecule has 0 aromatic heterocycles. The molecular formula is C23H27Cl2NO3. The van der Waals surface area contributed by atoms with Crippen molar-refractivity contribution in [2.75, 3.05) is 13.1 Å². The summed E-state index contributed by atoms with van der Waals surface area (Å²) in [5.41, 5.74) is 0.369. The molecule has 1 aliphatic carbocycles. The Morgan fingerprint density at radius 1 is 1.17 bits per heavy atom. The van der Waals surface area contributed by atoms with Gasteiger partial charge in [0.05, 0.1) is 15.5 Å². The third kappa shape index (κ3) is 5.23. The molecule has 29 heavy (non-hydrogen) atoms. The number of benzene rings is 1. The van der Waals surface area contributed by atoms with Gasteiger partial charge in [0, 0.05) is 18.7 Å². The van der Waals surface area contributed by atoms with E-state index in [2.05, 4.69) is 18.2 Å². The summed E-state index contributed by atoms with van der Waals surface area (Å²) < 4.78 is 5.53. The van der Waals surface area contributed by atoms with Crippen LogP contribution in [0.1, 0.15) is 56.8 Å². The number of likely N-dealkylation sites (tertiary alicyclic amines) is 1. The van der Waals surface area contributed by atoms with Gasteiger partial charge in [0.2, 0.25) is 0 Å². The fourth-order valence-electron chi connectivity index (χ4n) is 3.90. The third-order valence-corrected chi connectivity index (χ3v) is 6.02. The van der Waals surface area contributed by atoms with Gasteiger partial charge < -0.3 is 9.64 Å². The summed E-state index contributed by atoms with van der Waals surface area (Å²) in [6, 6.07) is 4.97. The minimum atomic E-state index is -0.707. The van der Waals surface area contributed by atoms with Crippen molar-refractivity contribution in [1.82, 2.24) is 4.90 Å². The van der Waals surface area contributed by atoms with Crippen LogP contribution in [-0.2, 0) is 4.74 Å². The number of allylic oxidation sites excluding steroid dienone is 4. The Morgan fingerprint density at radius 3 is 2.55 bits per heavy atom. The number of hydrogen-bond donors (Lipinski definition) is 0. The zero-order chi connectivity index (χ0) is 21.2. The highest BCUT2D eigenvalue weighted by atomic mass is 35.5. The van der Waals surface area contributed by atoms with E-state index in [0.29, 0.717) is 41.5 Å². The van der Waals surface area contributed by atoms with Crippen molar-refractivity contribution in [3.8, 4) is 0 Å². The van der Waals surface area contributed by atoms with Crippen LogP contribution in [0.25, 0.3) is 0 Å². The van der Waals surface area contributed by atoms with Gasteiger partial charge in [-0.05, 0) is 64.7 Å². The number of ketones is 1. The summed E-state index contributed by atoms with van der Waals surface area (Å²) >= 11 is 12.2. The van der Waals surface area contributed by atoms with Gasteiger partial charge in [-0.3, -0.25) is 4.79 Å². The van der Waals surface area contributed by atoms with Crippen LogP contribution in [0.3, 0.4) is 0 Å². The first kappa shape index (κ1) is 21.9. The molecule has 0 radical (unpaired) electrons. The number of amides is 1. The van der Waals surface area contributed by atoms with Crippen LogP contribution in [0.15, 0.2) is 42.0 Å². The molecule has 156 valence electrons. The molecule has 1 heterocycles. The van der Waals surface area contributed by atoms with Gasteiger partial charge in [0.15, 0.2) is 5.78 Å². The highest BCUT2D eigenvalue weighted by Crippen LogP contribution is 2.42. The monoisotopic (exact) mass is 435 g/mol. The molecule has 0 saturated carbocycles. The fourth-order valence-corrected chi connectivity index (χ4v) is 4.20. The van der Waals surface area contributed by atoms with Gasteiger partial charge in [0.25, 0.3) is 0 Å². The van der Waals surface area contributed by atoms with Gasteiger partial charge in [-0.15, -0.1) is 0 Å². The van der Waals surface area contributed by atoms with Crippen LogP contribution < -0.4 is 0 Å². The topological polar surface area (TPSA) is 46.6 Å². The molecule has 1 saturated heterocycles. The predicted molar refractivity (Wildman–Crippen MR) is 117 cm³/mol. The molecule has 1 unspecified atom stereocenters. The Kier molecular flexibility index (Phi) is 6.45. The van der Waals surface area contributed by atoms with E-state index >= 15 is 0 Å². The molecule has 1 aromatic rings. The number of halogens is 2. The minimum Gasteiger partial charge on any atom is -0.444 e. The van der Waals surface area contributed by atoms with E-state index in [0.717, 1.165) is 18.4 Å². The van der Waals surface area contributed by atoms with Crippen LogP contribution in [0.2, 0.25) is 10.0 Å². The lowest BCUT2D eigenvalue weighted by Crippen LogP contribution is -2.39. The normalized spacial score (nSPS) is 21.8. The van der Waals surface area contributed by atoms with E-state index in [4.69, 9.17) is 27.9 Å². The van der Waals surface area contributed by atoms with E-state index in [1.165, 1.54) is 0 Å². The first-order valence-electron chi connectivity index (χ1n) is 9.93. The van der Waals surface area contributed by atoms with Gasteiger partial charge in [-0.2, -0.15) is 0 Å². The number of rotatable bonds is 4. The SMILES string of the molecule is CC(C)(C)OC(=O)N1CCC(CC2=CCCC=C2)(C(=O)c2ccc(Cl)c(Cl)c2)C1. The maximum atomic E-state index is 13.6. The molecule has 1 atom stereocenters. The lowest BCUT2D eigenvalue weighted by Gasteiger charge is -2.30. The van der Waals surface area contributed by atoms with Crippen LogP contribution in [0, 0.1) is 5.41 Å². The molecular weight excluding hydrogens is 409 g/mol. The van der Waals surface area contributed by atoms with Crippen molar-refractivity contribution in [3.63, 3.8) is 0 Å². The van der Waals surface area contributed by atoms with E-state index in [9.17, 15) is 9.59 Å². The van der Waals surface area contributed by atoms with Crippen molar-refractivity contribution < 1.29 is 14.3 Å². The van der Waals surface area contributed by atoms with E-state index < -0.39 is 11.0 Å². The molecule has 3 rings (SSSR count). The smallest absolute Gasteiger partial charge is 0.410 e. The molecule has 1 fully saturated rings. The summed E-state index contributed by atoms with van der Waals surface area (Å²) in [7, 11) is 0. The lowest BCUT2D eigenvalue weighted by molar-refractivity contribution is 0.0274. The second-order valence-electron chi connectivity index (χ2n) is 8.83. The Balaban J connectivity index is 1.89. The highest BCUT2D eigenvalue weighted by molar-refractivity contribution is 6.42. The molecule has 0 spiro atoms. The average molecular weight is 436 g/mol. The largest absolute Gasteiger partial charge is 0.444 e. The van der Waals surface area contributed by atoms with E-state index in [1.54, 1.807) is 23.1 Å². The van der Waals surface area contributed by atoms with Crippen molar-refractivity contribution in [2.45, 2.75) is 52.1 Å². The van der Waals surface area contributed by atoms with Gasteiger partial charge in [-0.1, -0.05) is 47.0 Å². The Labute approximate surface area is 182 Å². The molecule has 2 aliphatic rings. The van der Waals surface area contributed by atoms with Crippen LogP contribution in [0.5, 0.6) is 0 Å². The van der Waals surface area contributed by atoms with Gasteiger partial charge >= 0.3 is 6.09 Å². The average Bonchev–Trinajstić information content (AvgIpc) is 3.08. The summed E-state index contributed by atoms with van der Waals surface area (Å²) in [6.45, 7) is 6.33. The zero-order valence-electron chi connectivity index (χ0n) is 17.1. The number of nitrogens with zero attached hydrogens (tertiary/aromatic N) is 1.